The third-order valence-corrected chi connectivity index (χ3v) is 3.74. The normalized spacial score (nSPS) is 17.8. The summed E-state index contributed by atoms with van der Waals surface area (Å²) < 4.78 is 0. The molecular weight excluding hydrogens is 250 g/mol. The number of nitrogens with zero attached hydrogens (tertiary/aromatic N) is 5. The Hall–Kier alpha value is -1.67. The van der Waals surface area contributed by atoms with Gasteiger partial charge in [0.15, 0.2) is 0 Å². The van der Waals surface area contributed by atoms with Gasteiger partial charge in [0.2, 0.25) is 0 Å². The van der Waals surface area contributed by atoms with Crippen LogP contribution in [0.4, 0.5) is 5.82 Å². The van der Waals surface area contributed by atoms with Crippen molar-refractivity contribution in [2.75, 3.05) is 31.1 Å². The number of piperazine rings is 1. The molecule has 0 spiro atoms. The molecule has 1 fully saturated rings. The lowest BCUT2D eigenvalue weighted by Crippen LogP contribution is -2.50. The average molecular weight is 273 g/mol. The summed E-state index contributed by atoms with van der Waals surface area (Å²) in [5.74, 6) is 1.84. The van der Waals surface area contributed by atoms with Crippen molar-refractivity contribution in [3.63, 3.8) is 0 Å². The molecule has 5 heteroatoms. The van der Waals surface area contributed by atoms with Crippen LogP contribution in [-0.4, -0.2) is 47.1 Å². The Labute approximate surface area is 121 Å². The zero-order chi connectivity index (χ0) is 14.5. The van der Waals surface area contributed by atoms with Crippen LogP contribution >= 0.6 is 0 Å². The van der Waals surface area contributed by atoms with Crippen LogP contribution in [0.2, 0.25) is 0 Å². The van der Waals surface area contributed by atoms with Gasteiger partial charge in [0, 0.05) is 37.9 Å². The number of nitriles is 1. The SMILES string of the molecule is CCCC(C#N)N1CCN(c2cc(C)nc(C)n2)CC1. The second-order valence-corrected chi connectivity index (χ2v) is 5.37. The summed E-state index contributed by atoms with van der Waals surface area (Å²) in [4.78, 5) is 13.4. The van der Waals surface area contributed by atoms with Crippen molar-refractivity contribution in [2.24, 2.45) is 0 Å². The topological polar surface area (TPSA) is 56.1 Å². The average Bonchev–Trinajstić information content (AvgIpc) is 2.44. The second-order valence-electron chi connectivity index (χ2n) is 5.37. The molecular formula is C15H23N5. The van der Waals surface area contributed by atoms with Gasteiger partial charge < -0.3 is 4.90 Å². The highest BCUT2D eigenvalue weighted by Gasteiger charge is 2.23. The first-order valence-electron chi connectivity index (χ1n) is 7.35. The van der Waals surface area contributed by atoms with Crippen molar-refractivity contribution in [1.82, 2.24) is 14.9 Å². The molecule has 0 amide bonds. The molecule has 2 heterocycles. The smallest absolute Gasteiger partial charge is 0.132 e. The summed E-state index contributed by atoms with van der Waals surface area (Å²) in [5, 5.41) is 9.24. The number of hydrogen-bond donors (Lipinski definition) is 0. The standard InChI is InChI=1S/C15H23N5/c1-4-5-14(11-16)19-6-8-20(9-7-19)15-10-12(2)17-13(3)18-15/h10,14H,4-9H2,1-3H3. The number of rotatable bonds is 4. The van der Waals surface area contributed by atoms with Gasteiger partial charge in [0.1, 0.15) is 11.6 Å². The van der Waals surface area contributed by atoms with E-state index >= 15 is 0 Å². The van der Waals surface area contributed by atoms with Crippen LogP contribution in [0.3, 0.4) is 0 Å². The van der Waals surface area contributed by atoms with E-state index in [0.29, 0.717) is 0 Å². The summed E-state index contributed by atoms with van der Waals surface area (Å²) in [7, 11) is 0. The van der Waals surface area contributed by atoms with Crippen LogP contribution < -0.4 is 4.90 Å². The highest BCUT2D eigenvalue weighted by atomic mass is 15.3. The minimum atomic E-state index is 0.0658. The van der Waals surface area contributed by atoms with Crippen LogP contribution in [-0.2, 0) is 0 Å². The molecule has 1 aliphatic rings. The summed E-state index contributed by atoms with van der Waals surface area (Å²) in [6.07, 6.45) is 2.02. The van der Waals surface area contributed by atoms with Gasteiger partial charge in [-0.05, 0) is 20.3 Å². The molecule has 20 heavy (non-hydrogen) atoms. The van der Waals surface area contributed by atoms with Crippen LogP contribution in [0.25, 0.3) is 0 Å². The van der Waals surface area contributed by atoms with E-state index in [-0.39, 0.29) is 6.04 Å². The van der Waals surface area contributed by atoms with Crippen LogP contribution in [0.15, 0.2) is 6.07 Å². The number of aryl methyl sites for hydroxylation is 2. The molecule has 1 unspecified atom stereocenters. The van der Waals surface area contributed by atoms with Gasteiger partial charge in [-0.15, -0.1) is 0 Å². The fourth-order valence-electron chi connectivity index (χ4n) is 2.72. The van der Waals surface area contributed by atoms with Gasteiger partial charge in [-0.25, -0.2) is 9.97 Å². The molecule has 1 saturated heterocycles. The van der Waals surface area contributed by atoms with Gasteiger partial charge in [0.05, 0.1) is 12.1 Å². The van der Waals surface area contributed by atoms with E-state index < -0.39 is 0 Å². The molecule has 1 aliphatic heterocycles. The Morgan fingerprint density at radius 2 is 1.95 bits per heavy atom. The molecule has 0 bridgehead atoms. The lowest BCUT2D eigenvalue weighted by atomic mass is 10.1. The molecule has 0 aromatic carbocycles. The Bertz CT molecular complexity index is 465. The third-order valence-electron chi connectivity index (χ3n) is 3.74. The molecule has 5 nitrogen and oxygen atoms in total. The van der Waals surface area contributed by atoms with E-state index in [1.807, 2.05) is 19.9 Å². The van der Waals surface area contributed by atoms with Crippen molar-refractivity contribution < 1.29 is 0 Å². The van der Waals surface area contributed by atoms with Crippen LogP contribution in [0.5, 0.6) is 0 Å². The highest BCUT2D eigenvalue weighted by molar-refractivity contribution is 5.40. The summed E-state index contributed by atoms with van der Waals surface area (Å²) >= 11 is 0. The fourth-order valence-corrected chi connectivity index (χ4v) is 2.72. The Kier molecular flexibility index (Phi) is 4.91. The third kappa shape index (κ3) is 3.45. The van der Waals surface area contributed by atoms with Gasteiger partial charge >= 0.3 is 0 Å². The Balaban J connectivity index is 1.99. The molecule has 1 aromatic rings. The first-order chi connectivity index (χ1) is 9.63. The number of anilines is 1. The molecule has 2 rings (SSSR count). The molecule has 0 saturated carbocycles. The maximum Gasteiger partial charge on any atom is 0.132 e. The van der Waals surface area contributed by atoms with E-state index in [0.717, 1.165) is 56.4 Å². The van der Waals surface area contributed by atoms with Crippen LogP contribution in [0, 0.1) is 25.2 Å². The molecule has 1 aromatic heterocycles. The molecule has 0 N–H and O–H groups in total. The lowest BCUT2D eigenvalue weighted by molar-refractivity contribution is 0.211. The van der Waals surface area contributed by atoms with E-state index in [4.69, 9.17) is 0 Å². The first kappa shape index (κ1) is 14.7. The van der Waals surface area contributed by atoms with E-state index in [1.54, 1.807) is 0 Å². The summed E-state index contributed by atoms with van der Waals surface area (Å²) in [6.45, 7) is 9.78. The monoisotopic (exact) mass is 273 g/mol. The Morgan fingerprint density at radius 1 is 1.25 bits per heavy atom. The van der Waals surface area contributed by atoms with Crippen LogP contribution in [0.1, 0.15) is 31.3 Å². The van der Waals surface area contributed by atoms with Crippen molar-refractivity contribution >= 4 is 5.82 Å². The second kappa shape index (κ2) is 6.67. The van der Waals surface area contributed by atoms with Gasteiger partial charge in [-0.3, -0.25) is 4.90 Å². The van der Waals surface area contributed by atoms with E-state index in [9.17, 15) is 5.26 Å². The molecule has 0 aliphatic carbocycles. The Morgan fingerprint density at radius 3 is 2.50 bits per heavy atom. The zero-order valence-corrected chi connectivity index (χ0v) is 12.6. The van der Waals surface area contributed by atoms with Crippen molar-refractivity contribution in [2.45, 2.75) is 39.7 Å². The highest BCUT2D eigenvalue weighted by Crippen LogP contribution is 2.17. The zero-order valence-electron chi connectivity index (χ0n) is 12.6. The minimum absolute atomic E-state index is 0.0658. The largest absolute Gasteiger partial charge is 0.354 e. The summed E-state index contributed by atoms with van der Waals surface area (Å²) in [6, 6.07) is 4.53. The molecule has 108 valence electrons. The van der Waals surface area contributed by atoms with E-state index in [1.165, 1.54) is 0 Å². The lowest BCUT2D eigenvalue weighted by Gasteiger charge is -2.37. The van der Waals surface area contributed by atoms with Crippen molar-refractivity contribution in [3.8, 4) is 6.07 Å². The van der Waals surface area contributed by atoms with Crippen molar-refractivity contribution in [1.29, 1.82) is 5.26 Å². The predicted octanol–water partition coefficient (Wildman–Crippen LogP) is 1.91. The van der Waals surface area contributed by atoms with E-state index in [2.05, 4.69) is 32.8 Å². The quantitative estimate of drug-likeness (QED) is 0.838. The molecule has 0 radical (unpaired) electrons. The maximum absolute atomic E-state index is 9.24. The number of hydrogen-bond acceptors (Lipinski definition) is 5. The predicted molar refractivity (Wildman–Crippen MR) is 79.6 cm³/mol. The van der Waals surface area contributed by atoms with Gasteiger partial charge in [-0.1, -0.05) is 13.3 Å². The molecule has 1 atom stereocenters. The minimum Gasteiger partial charge on any atom is -0.354 e. The number of aromatic nitrogens is 2. The maximum atomic E-state index is 9.24. The van der Waals surface area contributed by atoms with Gasteiger partial charge in [-0.2, -0.15) is 5.26 Å². The summed E-state index contributed by atoms with van der Waals surface area (Å²) in [5.41, 5.74) is 1.01. The first-order valence-corrected chi connectivity index (χ1v) is 7.35. The van der Waals surface area contributed by atoms with Crippen molar-refractivity contribution in [3.05, 3.63) is 17.6 Å². The fraction of sp³-hybridized carbons (Fsp3) is 0.667. The van der Waals surface area contributed by atoms with Gasteiger partial charge in [0.25, 0.3) is 0 Å².